The van der Waals surface area contributed by atoms with E-state index in [1.807, 2.05) is 6.26 Å². The van der Waals surface area contributed by atoms with Crippen LogP contribution in [-0.4, -0.2) is 79.0 Å². The van der Waals surface area contributed by atoms with Crippen LogP contribution in [0.4, 0.5) is 0 Å². The van der Waals surface area contributed by atoms with Gasteiger partial charge in [0.15, 0.2) is 12.4 Å². The van der Waals surface area contributed by atoms with Crippen molar-refractivity contribution in [3.05, 3.63) is 0 Å². The number of carbonyl (C=O) groups is 2. The Kier molecular flexibility index (Phi) is 7.40. The Labute approximate surface area is 127 Å². The van der Waals surface area contributed by atoms with Gasteiger partial charge in [0.25, 0.3) is 5.91 Å². The van der Waals surface area contributed by atoms with Crippen LogP contribution in [0.2, 0.25) is 0 Å². The van der Waals surface area contributed by atoms with Crippen molar-refractivity contribution in [3.8, 4) is 0 Å². The van der Waals surface area contributed by atoms with Gasteiger partial charge in [0.2, 0.25) is 0 Å². The van der Waals surface area contributed by atoms with E-state index >= 15 is 0 Å². The Bertz CT molecular complexity index is 368. The lowest BCUT2D eigenvalue weighted by atomic mass is 10.1. The lowest BCUT2D eigenvalue weighted by Gasteiger charge is -2.19. The number of nitrogens with one attached hydrogen (secondary N) is 1. The number of esters is 1. The number of ether oxygens (including phenoxy) is 3. The zero-order chi connectivity index (χ0) is 16.0. The van der Waals surface area contributed by atoms with E-state index in [2.05, 4.69) is 10.1 Å². The summed E-state index contributed by atoms with van der Waals surface area (Å²) >= 11 is 1.52. The van der Waals surface area contributed by atoms with Crippen molar-refractivity contribution in [1.29, 1.82) is 0 Å². The molecule has 0 radical (unpaired) electrons. The van der Waals surface area contributed by atoms with Crippen LogP contribution in [0.15, 0.2) is 0 Å². The molecule has 1 rings (SSSR count). The highest BCUT2D eigenvalue weighted by molar-refractivity contribution is 7.98. The molecule has 0 spiro atoms. The first-order valence-electron chi connectivity index (χ1n) is 6.37. The molecule has 0 aliphatic carbocycles. The van der Waals surface area contributed by atoms with E-state index < -0.39 is 42.5 Å². The molecule has 1 aliphatic heterocycles. The molecule has 21 heavy (non-hydrogen) atoms. The smallest absolute Gasteiger partial charge is 0.328 e. The molecule has 5 atom stereocenters. The number of thioether (sulfide) groups is 1. The fourth-order valence-electron chi connectivity index (χ4n) is 1.94. The molecular formula is C12H21NO7S. The van der Waals surface area contributed by atoms with E-state index in [1.54, 1.807) is 0 Å². The topological polar surface area (TPSA) is 114 Å². The zero-order valence-corrected chi connectivity index (χ0v) is 13.0. The number of hydrogen-bond acceptors (Lipinski definition) is 8. The average Bonchev–Trinajstić information content (AvgIpc) is 2.78. The van der Waals surface area contributed by atoms with Gasteiger partial charge in [-0.05, 0) is 18.4 Å². The van der Waals surface area contributed by atoms with E-state index in [0.29, 0.717) is 12.2 Å². The Hall–Kier alpha value is -0.870. The van der Waals surface area contributed by atoms with Crippen molar-refractivity contribution in [2.45, 2.75) is 37.1 Å². The van der Waals surface area contributed by atoms with E-state index in [0.717, 1.165) is 0 Å². The lowest BCUT2D eigenvalue weighted by molar-refractivity contribution is -0.162. The number of methoxy groups -OCH3 is 2. The molecule has 8 nitrogen and oxygen atoms in total. The van der Waals surface area contributed by atoms with Crippen LogP contribution in [0.1, 0.15) is 6.42 Å². The summed E-state index contributed by atoms with van der Waals surface area (Å²) in [4.78, 5) is 23.7. The fraction of sp³-hybridized carbons (Fsp3) is 0.833. The maximum atomic E-state index is 12.1. The molecule has 3 N–H and O–H groups in total. The summed E-state index contributed by atoms with van der Waals surface area (Å²) in [5.74, 6) is -0.622. The van der Waals surface area contributed by atoms with Crippen molar-refractivity contribution in [2.24, 2.45) is 0 Å². The normalized spacial score (nSPS) is 30.0. The molecule has 0 unspecified atom stereocenters. The SMILES string of the molecule is COC(=O)[C@H](CCSC)NC(=O)[C@H]1O[C@@H](OC)[C@H](O)[C@@H]1O. The minimum absolute atomic E-state index is 0.388. The minimum Gasteiger partial charge on any atom is -0.467 e. The molecule has 1 fully saturated rings. The highest BCUT2D eigenvalue weighted by atomic mass is 32.2. The molecule has 0 aromatic heterocycles. The van der Waals surface area contributed by atoms with Crippen LogP contribution in [0.25, 0.3) is 0 Å². The zero-order valence-electron chi connectivity index (χ0n) is 12.1. The van der Waals surface area contributed by atoms with E-state index in [1.165, 1.54) is 26.0 Å². The number of rotatable bonds is 7. The largest absolute Gasteiger partial charge is 0.467 e. The maximum absolute atomic E-state index is 12.1. The predicted octanol–water partition coefficient (Wildman–Crippen LogP) is -1.51. The van der Waals surface area contributed by atoms with E-state index in [9.17, 15) is 19.8 Å². The quantitative estimate of drug-likeness (QED) is 0.485. The molecule has 122 valence electrons. The van der Waals surface area contributed by atoms with E-state index in [4.69, 9.17) is 9.47 Å². The molecule has 0 aromatic carbocycles. The third-order valence-electron chi connectivity index (χ3n) is 3.12. The summed E-state index contributed by atoms with van der Waals surface area (Å²) in [6, 6.07) is -0.829. The second-order valence-corrected chi connectivity index (χ2v) is 5.49. The second kappa shape index (κ2) is 8.54. The Balaban J connectivity index is 2.66. The van der Waals surface area contributed by atoms with Gasteiger partial charge in [-0.2, -0.15) is 11.8 Å². The van der Waals surface area contributed by atoms with Crippen LogP contribution < -0.4 is 5.32 Å². The third-order valence-corrected chi connectivity index (χ3v) is 3.77. The van der Waals surface area contributed by atoms with Gasteiger partial charge in [0, 0.05) is 7.11 Å². The van der Waals surface area contributed by atoms with Crippen LogP contribution >= 0.6 is 11.8 Å². The average molecular weight is 323 g/mol. The van der Waals surface area contributed by atoms with Crippen molar-refractivity contribution in [3.63, 3.8) is 0 Å². The molecule has 1 aliphatic rings. The number of amides is 1. The summed E-state index contributed by atoms with van der Waals surface area (Å²) in [7, 11) is 2.52. The van der Waals surface area contributed by atoms with Gasteiger partial charge in [-0.3, -0.25) is 4.79 Å². The van der Waals surface area contributed by atoms with Crippen molar-refractivity contribution < 1.29 is 34.0 Å². The third kappa shape index (κ3) is 4.55. The van der Waals surface area contributed by atoms with Gasteiger partial charge in [0.1, 0.15) is 18.2 Å². The Morgan fingerprint density at radius 2 is 2.00 bits per heavy atom. The van der Waals surface area contributed by atoms with Gasteiger partial charge < -0.3 is 29.7 Å². The second-order valence-electron chi connectivity index (χ2n) is 4.51. The van der Waals surface area contributed by atoms with Gasteiger partial charge in [-0.15, -0.1) is 0 Å². The number of hydrogen-bond donors (Lipinski definition) is 3. The highest BCUT2D eigenvalue weighted by Crippen LogP contribution is 2.22. The van der Waals surface area contributed by atoms with Crippen LogP contribution in [-0.2, 0) is 23.8 Å². The minimum atomic E-state index is -1.42. The van der Waals surface area contributed by atoms with E-state index in [-0.39, 0.29) is 0 Å². The predicted molar refractivity (Wildman–Crippen MR) is 74.6 cm³/mol. The van der Waals surface area contributed by atoms with Crippen molar-refractivity contribution in [2.75, 3.05) is 26.2 Å². The summed E-state index contributed by atoms with van der Waals surface area (Å²) in [6.45, 7) is 0. The molecule has 0 bridgehead atoms. The summed E-state index contributed by atoms with van der Waals surface area (Å²) in [6.07, 6.45) is -2.87. The summed E-state index contributed by atoms with van der Waals surface area (Å²) < 4.78 is 14.6. The summed E-state index contributed by atoms with van der Waals surface area (Å²) in [5.41, 5.74) is 0. The number of aliphatic hydroxyl groups is 2. The highest BCUT2D eigenvalue weighted by Gasteiger charge is 2.47. The van der Waals surface area contributed by atoms with Crippen molar-refractivity contribution >= 4 is 23.6 Å². The van der Waals surface area contributed by atoms with Crippen LogP contribution in [0.5, 0.6) is 0 Å². The Morgan fingerprint density at radius 3 is 2.48 bits per heavy atom. The van der Waals surface area contributed by atoms with Gasteiger partial charge >= 0.3 is 5.97 Å². The molecule has 1 heterocycles. The standard InChI is InChI=1S/C12H21NO7S/c1-18-11(17)6(4-5-21-3)13-10(16)9-7(14)8(15)12(19-2)20-9/h6-9,12,14-15H,4-5H2,1-3H3,(H,13,16)/t6-,7-,8+,9-,12+/m0/s1. The first kappa shape index (κ1) is 18.2. The number of aliphatic hydroxyl groups excluding tert-OH is 2. The van der Waals surface area contributed by atoms with Crippen LogP contribution in [0.3, 0.4) is 0 Å². The first-order valence-corrected chi connectivity index (χ1v) is 7.77. The van der Waals surface area contributed by atoms with Gasteiger partial charge in [0.05, 0.1) is 7.11 Å². The molecule has 0 saturated carbocycles. The van der Waals surface area contributed by atoms with Crippen molar-refractivity contribution in [1.82, 2.24) is 5.32 Å². The lowest BCUT2D eigenvalue weighted by Crippen LogP contribution is -2.49. The van der Waals surface area contributed by atoms with Crippen LogP contribution in [0, 0.1) is 0 Å². The molecule has 0 aromatic rings. The monoisotopic (exact) mass is 323 g/mol. The summed E-state index contributed by atoms with van der Waals surface area (Å²) in [5, 5.41) is 21.9. The first-order chi connectivity index (χ1) is 9.96. The molecule has 9 heteroatoms. The Morgan fingerprint density at radius 1 is 1.33 bits per heavy atom. The van der Waals surface area contributed by atoms with Gasteiger partial charge in [-0.25, -0.2) is 4.79 Å². The molecule has 1 amide bonds. The maximum Gasteiger partial charge on any atom is 0.328 e. The molecular weight excluding hydrogens is 302 g/mol. The van der Waals surface area contributed by atoms with Gasteiger partial charge in [-0.1, -0.05) is 0 Å². The fourth-order valence-corrected chi connectivity index (χ4v) is 2.41. The molecule has 1 saturated heterocycles. The number of carbonyl (C=O) groups excluding carboxylic acids is 2.